The van der Waals surface area contributed by atoms with Gasteiger partial charge < -0.3 is 14.2 Å². The molecule has 25 heavy (non-hydrogen) atoms. The Balaban J connectivity index is 1.56. The molecule has 0 aromatic heterocycles. The second-order valence-corrected chi connectivity index (χ2v) is 7.15. The van der Waals surface area contributed by atoms with E-state index in [-0.39, 0.29) is 11.8 Å². The van der Waals surface area contributed by atoms with Gasteiger partial charge in [-0.2, -0.15) is 0 Å². The van der Waals surface area contributed by atoms with E-state index in [4.69, 9.17) is 14.2 Å². The van der Waals surface area contributed by atoms with E-state index in [1.807, 2.05) is 44.2 Å². The predicted molar refractivity (Wildman–Crippen MR) is 87.8 cm³/mol. The minimum Gasteiger partial charge on any atom is -0.357 e. The summed E-state index contributed by atoms with van der Waals surface area (Å²) < 4.78 is 17.3. The molecule has 6 heteroatoms. The minimum absolute atomic E-state index is 0.201. The van der Waals surface area contributed by atoms with E-state index >= 15 is 0 Å². The quantitative estimate of drug-likeness (QED) is 0.602. The Labute approximate surface area is 145 Å². The summed E-state index contributed by atoms with van der Waals surface area (Å²) in [6.45, 7) is 4.91. The molecule has 1 aromatic carbocycles. The number of aryl methyl sites for hydroxylation is 2. The van der Waals surface area contributed by atoms with Crippen LogP contribution in [0.25, 0.3) is 0 Å². The molecule has 0 spiro atoms. The van der Waals surface area contributed by atoms with Gasteiger partial charge in [-0.25, -0.2) is 4.90 Å². The Kier molecular flexibility index (Phi) is 3.05. The first-order valence-corrected chi connectivity index (χ1v) is 8.58. The lowest BCUT2D eigenvalue weighted by Gasteiger charge is -2.32. The molecular weight excluding hydrogens is 322 g/mol. The second-order valence-electron chi connectivity index (χ2n) is 7.15. The Hall–Kier alpha value is -2.02. The molecule has 5 rings (SSSR count). The van der Waals surface area contributed by atoms with Gasteiger partial charge in [0.15, 0.2) is 11.9 Å². The fraction of sp³-hybridized carbons (Fsp3) is 0.474. The second kappa shape index (κ2) is 5.00. The van der Waals surface area contributed by atoms with Crippen molar-refractivity contribution in [2.45, 2.75) is 31.8 Å². The van der Waals surface area contributed by atoms with E-state index in [0.717, 1.165) is 11.1 Å². The zero-order valence-electron chi connectivity index (χ0n) is 14.1. The molecule has 0 aliphatic carbocycles. The van der Waals surface area contributed by atoms with Crippen LogP contribution in [0.15, 0.2) is 30.4 Å². The van der Waals surface area contributed by atoms with E-state index in [0.29, 0.717) is 18.9 Å². The number of carbonyl (C=O) groups is 2. The van der Waals surface area contributed by atoms with Gasteiger partial charge in [-0.1, -0.05) is 12.1 Å². The Morgan fingerprint density at radius 2 is 1.84 bits per heavy atom. The van der Waals surface area contributed by atoms with Crippen LogP contribution in [0.3, 0.4) is 0 Å². The van der Waals surface area contributed by atoms with Crippen molar-refractivity contribution < 1.29 is 23.8 Å². The highest BCUT2D eigenvalue weighted by molar-refractivity contribution is 6.23. The van der Waals surface area contributed by atoms with Crippen molar-refractivity contribution in [1.82, 2.24) is 0 Å². The van der Waals surface area contributed by atoms with Crippen molar-refractivity contribution in [3.8, 4) is 0 Å². The maximum Gasteiger partial charge on any atom is 0.241 e. The topological polar surface area (TPSA) is 65.1 Å². The number of hydrogen-bond acceptors (Lipinski definition) is 5. The van der Waals surface area contributed by atoms with Gasteiger partial charge in [0.1, 0.15) is 0 Å². The number of imide groups is 1. The standard InChI is InChI=1S/C19H19NO5/c1-10-3-4-12(9-11(10)2)20-16(21)14-13-5-6-19(25-13,15(14)17(20)22)18-23-7-8-24-18/h3-6,9,13-15,18H,7-8H2,1-2H3/t13-,14-,15+,19-/m1/s1. The summed E-state index contributed by atoms with van der Waals surface area (Å²) >= 11 is 0. The highest BCUT2D eigenvalue weighted by atomic mass is 16.7. The number of hydrogen-bond donors (Lipinski definition) is 0. The van der Waals surface area contributed by atoms with Crippen molar-refractivity contribution >= 4 is 17.5 Å². The summed E-state index contributed by atoms with van der Waals surface area (Å²) in [5.41, 5.74) is 1.80. The van der Waals surface area contributed by atoms with E-state index in [1.165, 1.54) is 4.90 Å². The van der Waals surface area contributed by atoms with Gasteiger partial charge in [0.05, 0.1) is 36.8 Å². The zero-order chi connectivity index (χ0) is 17.3. The van der Waals surface area contributed by atoms with Gasteiger partial charge in [-0.3, -0.25) is 9.59 Å². The third kappa shape index (κ3) is 1.84. The first kappa shape index (κ1) is 15.3. The summed E-state index contributed by atoms with van der Waals surface area (Å²) in [6.07, 6.45) is 2.68. The van der Waals surface area contributed by atoms with Crippen LogP contribution in [0.4, 0.5) is 5.69 Å². The first-order valence-electron chi connectivity index (χ1n) is 8.58. The molecule has 0 unspecified atom stereocenters. The van der Waals surface area contributed by atoms with Crippen LogP contribution in [0.2, 0.25) is 0 Å². The maximum absolute atomic E-state index is 13.2. The molecule has 0 radical (unpaired) electrons. The molecule has 0 saturated carbocycles. The van der Waals surface area contributed by atoms with Gasteiger partial charge in [0.25, 0.3) is 0 Å². The fourth-order valence-corrected chi connectivity index (χ4v) is 4.45. The Bertz CT molecular complexity index is 812. The number of fused-ring (bicyclic) bond motifs is 5. The van der Waals surface area contributed by atoms with Crippen molar-refractivity contribution in [3.63, 3.8) is 0 Å². The lowest BCUT2D eigenvalue weighted by Crippen LogP contribution is -2.49. The summed E-state index contributed by atoms with van der Waals surface area (Å²) in [5.74, 6) is -1.54. The predicted octanol–water partition coefficient (Wildman–Crippen LogP) is 1.49. The van der Waals surface area contributed by atoms with E-state index in [1.54, 1.807) is 0 Å². The molecule has 3 saturated heterocycles. The van der Waals surface area contributed by atoms with Crippen LogP contribution in [-0.2, 0) is 23.8 Å². The Morgan fingerprint density at radius 3 is 2.56 bits per heavy atom. The SMILES string of the molecule is Cc1ccc(N2C(=O)[C@H]3[C@@H](C2=O)[C@@]2(C4OCCO4)C=C[C@H]3O2)cc1C. The van der Waals surface area contributed by atoms with E-state index in [2.05, 4.69) is 0 Å². The summed E-state index contributed by atoms with van der Waals surface area (Å²) in [4.78, 5) is 27.6. The molecule has 4 atom stereocenters. The number of ether oxygens (including phenoxy) is 3. The number of carbonyl (C=O) groups excluding carboxylic acids is 2. The summed E-state index contributed by atoms with van der Waals surface area (Å²) in [6, 6.07) is 5.64. The van der Waals surface area contributed by atoms with Gasteiger partial charge >= 0.3 is 0 Å². The molecular formula is C19H19NO5. The number of amides is 2. The normalized spacial score (nSPS) is 36.7. The molecule has 6 nitrogen and oxygen atoms in total. The van der Waals surface area contributed by atoms with Gasteiger partial charge in [-0.05, 0) is 43.2 Å². The number of rotatable bonds is 2. The monoisotopic (exact) mass is 341 g/mol. The highest BCUT2D eigenvalue weighted by Gasteiger charge is 2.71. The van der Waals surface area contributed by atoms with Crippen LogP contribution in [0.5, 0.6) is 0 Å². The molecule has 3 fully saturated rings. The highest BCUT2D eigenvalue weighted by Crippen LogP contribution is 2.55. The maximum atomic E-state index is 13.2. The van der Waals surface area contributed by atoms with E-state index in [9.17, 15) is 9.59 Å². The van der Waals surface area contributed by atoms with Crippen molar-refractivity contribution in [2.75, 3.05) is 18.1 Å². The van der Waals surface area contributed by atoms with Crippen LogP contribution in [0, 0.1) is 25.7 Å². The third-order valence-corrected chi connectivity index (χ3v) is 5.82. The lowest BCUT2D eigenvalue weighted by atomic mass is 9.76. The van der Waals surface area contributed by atoms with Crippen LogP contribution < -0.4 is 4.90 Å². The van der Waals surface area contributed by atoms with Gasteiger partial charge in [0.2, 0.25) is 11.8 Å². The number of nitrogens with zero attached hydrogens (tertiary/aromatic N) is 1. The average molecular weight is 341 g/mol. The fourth-order valence-electron chi connectivity index (χ4n) is 4.45. The summed E-state index contributed by atoms with van der Waals surface area (Å²) in [5, 5.41) is 0. The molecule has 4 heterocycles. The lowest BCUT2D eigenvalue weighted by molar-refractivity contribution is -0.180. The summed E-state index contributed by atoms with van der Waals surface area (Å²) in [7, 11) is 0. The van der Waals surface area contributed by atoms with Crippen molar-refractivity contribution in [1.29, 1.82) is 0 Å². The smallest absolute Gasteiger partial charge is 0.241 e. The Morgan fingerprint density at radius 1 is 1.08 bits per heavy atom. The minimum atomic E-state index is -0.993. The zero-order valence-corrected chi connectivity index (χ0v) is 14.1. The first-order chi connectivity index (χ1) is 12.0. The molecule has 0 N–H and O–H groups in total. The van der Waals surface area contributed by atoms with Crippen molar-refractivity contribution in [2.24, 2.45) is 11.8 Å². The number of benzene rings is 1. The molecule has 130 valence electrons. The molecule has 2 bridgehead atoms. The van der Waals surface area contributed by atoms with Crippen LogP contribution in [-0.4, -0.2) is 43.0 Å². The molecule has 2 amide bonds. The van der Waals surface area contributed by atoms with Gasteiger partial charge in [0, 0.05) is 0 Å². The average Bonchev–Trinajstić information content (AvgIpc) is 3.34. The van der Waals surface area contributed by atoms with Crippen molar-refractivity contribution in [3.05, 3.63) is 41.5 Å². The van der Waals surface area contributed by atoms with Crippen LogP contribution >= 0.6 is 0 Å². The van der Waals surface area contributed by atoms with Crippen LogP contribution in [0.1, 0.15) is 11.1 Å². The molecule has 4 aliphatic rings. The molecule has 1 aromatic rings. The molecule has 4 aliphatic heterocycles. The number of anilines is 1. The van der Waals surface area contributed by atoms with E-state index < -0.39 is 29.8 Å². The largest absolute Gasteiger partial charge is 0.357 e. The third-order valence-electron chi connectivity index (χ3n) is 5.82. The van der Waals surface area contributed by atoms with Gasteiger partial charge in [-0.15, -0.1) is 0 Å².